The largest absolute Gasteiger partial charge is 0.375 e. The van der Waals surface area contributed by atoms with Gasteiger partial charge in [0.1, 0.15) is 6.61 Å². The summed E-state index contributed by atoms with van der Waals surface area (Å²) in [6.45, 7) is 8.69. The van der Waals surface area contributed by atoms with E-state index in [0.29, 0.717) is 13.1 Å². The third-order valence-corrected chi connectivity index (χ3v) is 3.29. The molecule has 1 heterocycles. The van der Waals surface area contributed by atoms with E-state index in [9.17, 15) is 9.59 Å². The van der Waals surface area contributed by atoms with Gasteiger partial charge in [0.05, 0.1) is 6.04 Å². The number of hydrogen-bond donors (Lipinski definition) is 1. The Morgan fingerprint density at radius 1 is 1.16 bits per heavy atom. The number of carbonyl (C=O) groups is 2. The Labute approximate surface area is 115 Å². The van der Waals surface area contributed by atoms with E-state index in [1.54, 1.807) is 4.90 Å². The zero-order chi connectivity index (χ0) is 14.4. The van der Waals surface area contributed by atoms with Crippen LogP contribution in [0.15, 0.2) is 0 Å². The summed E-state index contributed by atoms with van der Waals surface area (Å²) in [5.41, 5.74) is 0. The predicted octanol–water partition coefficient (Wildman–Crippen LogP) is -0.310. The molecule has 1 aliphatic heterocycles. The van der Waals surface area contributed by atoms with Crippen molar-refractivity contribution >= 4 is 11.8 Å². The summed E-state index contributed by atoms with van der Waals surface area (Å²) in [4.78, 5) is 27.5. The maximum Gasteiger partial charge on any atom is 0.248 e. The van der Waals surface area contributed by atoms with E-state index >= 15 is 0 Å². The number of carbonyl (C=O) groups excluding carboxylic acids is 2. The first-order valence-electron chi connectivity index (χ1n) is 6.76. The van der Waals surface area contributed by atoms with E-state index in [1.165, 1.54) is 7.11 Å². The minimum absolute atomic E-state index is 0.0152. The summed E-state index contributed by atoms with van der Waals surface area (Å²) in [5, 5.41) is 2.91. The molecule has 1 N–H and O–H groups in total. The van der Waals surface area contributed by atoms with Crippen molar-refractivity contribution in [3.63, 3.8) is 0 Å². The molecule has 0 aliphatic carbocycles. The molecular weight excluding hydrogens is 246 g/mol. The zero-order valence-electron chi connectivity index (χ0n) is 12.3. The fraction of sp³-hybridized carbons (Fsp3) is 0.846. The molecule has 19 heavy (non-hydrogen) atoms. The van der Waals surface area contributed by atoms with E-state index in [4.69, 9.17) is 4.74 Å². The van der Waals surface area contributed by atoms with E-state index in [2.05, 4.69) is 10.2 Å². The van der Waals surface area contributed by atoms with Crippen molar-refractivity contribution in [2.45, 2.75) is 32.9 Å². The van der Waals surface area contributed by atoms with Crippen LogP contribution < -0.4 is 5.32 Å². The molecule has 6 heteroatoms. The van der Waals surface area contributed by atoms with Gasteiger partial charge >= 0.3 is 0 Å². The molecule has 110 valence electrons. The van der Waals surface area contributed by atoms with Crippen molar-refractivity contribution in [1.29, 1.82) is 0 Å². The van der Waals surface area contributed by atoms with Gasteiger partial charge < -0.3 is 15.0 Å². The topological polar surface area (TPSA) is 61.9 Å². The van der Waals surface area contributed by atoms with Gasteiger partial charge in [-0.05, 0) is 20.8 Å². The number of hydrogen-bond acceptors (Lipinski definition) is 4. The Bertz CT molecular complexity index is 312. The lowest BCUT2D eigenvalue weighted by atomic mass is 10.2. The van der Waals surface area contributed by atoms with Gasteiger partial charge in [-0.15, -0.1) is 0 Å². The lowest BCUT2D eigenvalue weighted by molar-refractivity contribution is -0.137. The average molecular weight is 271 g/mol. The summed E-state index contributed by atoms with van der Waals surface area (Å²) >= 11 is 0. The highest BCUT2D eigenvalue weighted by molar-refractivity contribution is 5.81. The minimum atomic E-state index is -0.151. The monoisotopic (exact) mass is 271 g/mol. The van der Waals surface area contributed by atoms with Crippen LogP contribution in [0.2, 0.25) is 0 Å². The van der Waals surface area contributed by atoms with Crippen molar-refractivity contribution in [2.75, 3.05) is 39.9 Å². The van der Waals surface area contributed by atoms with Crippen LogP contribution in [0, 0.1) is 0 Å². The van der Waals surface area contributed by atoms with Crippen LogP contribution >= 0.6 is 0 Å². The predicted molar refractivity (Wildman–Crippen MR) is 72.8 cm³/mol. The second-order valence-corrected chi connectivity index (χ2v) is 5.19. The highest BCUT2D eigenvalue weighted by Crippen LogP contribution is 2.07. The summed E-state index contributed by atoms with van der Waals surface area (Å²) in [6.07, 6.45) is 0. The zero-order valence-corrected chi connectivity index (χ0v) is 12.3. The van der Waals surface area contributed by atoms with Gasteiger partial charge in [-0.25, -0.2) is 0 Å². The van der Waals surface area contributed by atoms with E-state index < -0.39 is 0 Å². The van der Waals surface area contributed by atoms with Crippen LogP contribution in [-0.2, 0) is 14.3 Å². The Kier molecular flexibility index (Phi) is 6.24. The summed E-state index contributed by atoms with van der Waals surface area (Å²) < 4.78 is 4.84. The molecule has 0 unspecified atom stereocenters. The van der Waals surface area contributed by atoms with Crippen LogP contribution in [0.5, 0.6) is 0 Å². The fourth-order valence-corrected chi connectivity index (χ4v) is 2.14. The van der Waals surface area contributed by atoms with Crippen LogP contribution in [-0.4, -0.2) is 73.6 Å². The number of amides is 2. The van der Waals surface area contributed by atoms with Gasteiger partial charge in [0.2, 0.25) is 11.8 Å². The lowest BCUT2D eigenvalue weighted by Gasteiger charge is -2.37. The van der Waals surface area contributed by atoms with E-state index in [1.807, 2.05) is 20.8 Å². The SMILES string of the molecule is COCC(=O)N1CCN([C@@H](C)C(=O)NC(C)C)CC1. The van der Waals surface area contributed by atoms with Gasteiger partial charge in [-0.3, -0.25) is 14.5 Å². The molecule has 1 saturated heterocycles. The molecule has 0 bridgehead atoms. The highest BCUT2D eigenvalue weighted by atomic mass is 16.5. The number of nitrogens with zero attached hydrogens (tertiary/aromatic N) is 2. The second kappa shape index (κ2) is 7.45. The standard InChI is InChI=1S/C13H25N3O3/c1-10(2)14-13(18)11(3)15-5-7-16(8-6-15)12(17)9-19-4/h10-11H,5-9H2,1-4H3,(H,14,18)/t11-/m0/s1. The molecule has 0 saturated carbocycles. The molecule has 0 aromatic carbocycles. The highest BCUT2D eigenvalue weighted by Gasteiger charge is 2.27. The maximum atomic E-state index is 11.9. The molecule has 2 amide bonds. The number of piperazine rings is 1. The molecule has 1 atom stereocenters. The van der Waals surface area contributed by atoms with Crippen molar-refractivity contribution in [3.05, 3.63) is 0 Å². The normalized spacial score (nSPS) is 18.5. The smallest absolute Gasteiger partial charge is 0.248 e. The molecule has 0 radical (unpaired) electrons. The number of methoxy groups -OCH3 is 1. The quantitative estimate of drug-likeness (QED) is 0.745. The molecular formula is C13H25N3O3. The fourth-order valence-electron chi connectivity index (χ4n) is 2.14. The first-order chi connectivity index (χ1) is 8.95. The van der Waals surface area contributed by atoms with Crippen LogP contribution in [0.3, 0.4) is 0 Å². The van der Waals surface area contributed by atoms with E-state index in [0.717, 1.165) is 13.1 Å². The molecule has 0 aromatic rings. The average Bonchev–Trinajstić information content (AvgIpc) is 2.37. The van der Waals surface area contributed by atoms with Gasteiger partial charge in [-0.2, -0.15) is 0 Å². The minimum Gasteiger partial charge on any atom is -0.375 e. The molecule has 1 aliphatic rings. The molecule has 6 nitrogen and oxygen atoms in total. The van der Waals surface area contributed by atoms with Crippen molar-refractivity contribution < 1.29 is 14.3 Å². The summed E-state index contributed by atoms with van der Waals surface area (Å²) in [6, 6.07) is 0.00148. The van der Waals surface area contributed by atoms with Crippen LogP contribution in [0.4, 0.5) is 0 Å². The van der Waals surface area contributed by atoms with Crippen LogP contribution in [0.25, 0.3) is 0 Å². The third-order valence-electron chi connectivity index (χ3n) is 3.29. The van der Waals surface area contributed by atoms with Crippen LogP contribution in [0.1, 0.15) is 20.8 Å². The Balaban J connectivity index is 2.40. The molecule has 0 spiro atoms. The van der Waals surface area contributed by atoms with Gasteiger partial charge in [-0.1, -0.05) is 0 Å². The number of rotatable bonds is 5. The second-order valence-electron chi connectivity index (χ2n) is 5.19. The van der Waals surface area contributed by atoms with E-state index in [-0.39, 0.29) is 30.5 Å². The van der Waals surface area contributed by atoms with Gasteiger partial charge in [0.25, 0.3) is 0 Å². The van der Waals surface area contributed by atoms with Crippen molar-refractivity contribution in [2.24, 2.45) is 0 Å². The Hall–Kier alpha value is -1.14. The molecule has 0 aromatic heterocycles. The van der Waals surface area contributed by atoms with Crippen molar-refractivity contribution in [1.82, 2.24) is 15.1 Å². The number of nitrogens with one attached hydrogen (secondary N) is 1. The maximum absolute atomic E-state index is 11.9. The first kappa shape index (κ1) is 15.9. The molecule has 1 rings (SSSR count). The summed E-state index contributed by atoms with van der Waals surface area (Å²) in [7, 11) is 1.52. The summed E-state index contributed by atoms with van der Waals surface area (Å²) in [5.74, 6) is 0.0631. The van der Waals surface area contributed by atoms with Gasteiger partial charge in [0.15, 0.2) is 0 Å². The van der Waals surface area contributed by atoms with Gasteiger partial charge in [0, 0.05) is 39.3 Å². The third kappa shape index (κ3) is 4.80. The first-order valence-corrected chi connectivity index (χ1v) is 6.76. The molecule has 1 fully saturated rings. The Morgan fingerprint density at radius 3 is 2.21 bits per heavy atom. The lowest BCUT2D eigenvalue weighted by Crippen LogP contribution is -2.55. The van der Waals surface area contributed by atoms with Crippen molar-refractivity contribution in [3.8, 4) is 0 Å². The number of ether oxygens (including phenoxy) is 1. The Morgan fingerprint density at radius 2 is 1.74 bits per heavy atom.